The van der Waals surface area contributed by atoms with E-state index < -0.39 is 59.1 Å². The highest BCUT2D eigenvalue weighted by atomic mass is 32.1. The maximum absolute atomic E-state index is 13.6. The second-order valence-corrected chi connectivity index (χ2v) is 10.00. The Morgan fingerprint density at radius 1 is 1.08 bits per heavy atom. The number of primary amides is 1. The van der Waals surface area contributed by atoms with E-state index in [2.05, 4.69) is 0 Å². The molecule has 1 aromatic heterocycles. The third kappa shape index (κ3) is 6.08. The quantitative estimate of drug-likeness (QED) is 0.442. The first-order chi connectivity index (χ1) is 17.0. The average molecular weight is 550 g/mol. The Bertz CT molecular complexity index is 1160. The first-order valence-electron chi connectivity index (χ1n) is 11.2. The number of amides is 3. The van der Waals surface area contributed by atoms with Crippen molar-refractivity contribution in [2.24, 2.45) is 11.7 Å². The van der Waals surface area contributed by atoms with E-state index in [1.165, 1.54) is 30.2 Å². The Labute approximate surface area is 213 Å². The van der Waals surface area contributed by atoms with Gasteiger partial charge in [0.1, 0.15) is 0 Å². The third-order valence-corrected chi connectivity index (χ3v) is 7.84. The number of thiophene rings is 1. The molecule has 2 aromatic rings. The SMILES string of the molecule is Cc1ccsc1[C@H]1CN(C(=O)C(N)=O)CC[C@@H]1C(=O)N(C)[C@@H](C)c1cc(C(F)(F)F)cc(C(F)(F)F)c1. The van der Waals surface area contributed by atoms with Crippen LogP contribution in [0.2, 0.25) is 0 Å². The van der Waals surface area contributed by atoms with Gasteiger partial charge >= 0.3 is 24.2 Å². The lowest BCUT2D eigenvalue weighted by molar-refractivity contribution is -0.147. The number of hydrogen-bond donors (Lipinski definition) is 1. The average Bonchev–Trinajstić information content (AvgIpc) is 3.25. The molecule has 1 aliphatic heterocycles. The number of piperidine rings is 1. The number of nitrogens with zero attached hydrogens (tertiary/aromatic N) is 2. The number of hydrogen-bond acceptors (Lipinski definition) is 4. The summed E-state index contributed by atoms with van der Waals surface area (Å²) < 4.78 is 80.1. The van der Waals surface area contributed by atoms with Crippen LogP contribution in [0.1, 0.15) is 52.4 Å². The standard InChI is InChI=1S/C24H25F6N3O3S/c1-12-5-7-37-19(12)18-11-33(22(36)20(31)34)6-4-17(18)21(35)32(3)13(2)14-8-15(23(25,26)27)10-16(9-14)24(28,29)30/h5,7-10,13,17-18H,4,6,11H2,1-3H3,(H2,31,34)/t13-,17-,18-/m0/s1. The highest BCUT2D eigenvalue weighted by Gasteiger charge is 2.42. The van der Waals surface area contributed by atoms with Gasteiger partial charge in [-0.15, -0.1) is 11.3 Å². The van der Waals surface area contributed by atoms with E-state index in [4.69, 9.17) is 5.73 Å². The minimum atomic E-state index is -5.01. The van der Waals surface area contributed by atoms with Crippen LogP contribution in [0.25, 0.3) is 0 Å². The van der Waals surface area contributed by atoms with E-state index in [1.807, 2.05) is 13.0 Å². The first-order valence-corrected chi connectivity index (χ1v) is 12.1. The maximum atomic E-state index is 13.6. The van der Waals surface area contributed by atoms with Crippen molar-refractivity contribution in [2.45, 2.75) is 44.6 Å². The molecule has 0 unspecified atom stereocenters. The van der Waals surface area contributed by atoms with Crippen LogP contribution in [0.15, 0.2) is 29.6 Å². The fourth-order valence-electron chi connectivity index (χ4n) is 4.51. The van der Waals surface area contributed by atoms with E-state index >= 15 is 0 Å². The number of benzene rings is 1. The Balaban J connectivity index is 1.95. The normalized spacial score (nSPS) is 19.4. The Kier molecular flexibility index (Phi) is 7.96. The van der Waals surface area contributed by atoms with E-state index in [1.54, 1.807) is 5.38 Å². The molecule has 3 rings (SSSR count). The zero-order valence-corrected chi connectivity index (χ0v) is 20.9. The zero-order valence-electron chi connectivity index (χ0n) is 20.1. The molecule has 13 heteroatoms. The summed E-state index contributed by atoms with van der Waals surface area (Å²) in [6.07, 6.45) is -9.90. The van der Waals surface area contributed by atoms with Crippen molar-refractivity contribution in [2.75, 3.05) is 20.1 Å². The van der Waals surface area contributed by atoms with E-state index in [9.17, 15) is 40.7 Å². The van der Waals surface area contributed by atoms with Crippen molar-refractivity contribution in [3.8, 4) is 0 Å². The number of halogens is 6. The predicted octanol–water partition coefficient (Wildman–Crippen LogP) is 4.73. The van der Waals surface area contributed by atoms with Gasteiger partial charge in [0.2, 0.25) is 5.91 Å². The van der Waals surface area contributed by atoms with Gasteiger partial charge in [-0.1, -0.05) is 0 Å². The molecule has 0 saturated carbocycles. The highest BCUT2D eigenvalue weighted by molar-refractivity contribution is 7.10. The summed E-state index contributed by atoms with van der Waals surface area (Å²) in [4.78, 5) is 40.4. The zero-order chi connectivity index (χ0) is 27.9. The van der Waals surface area contributed by atoms with Crippen molar-refractivity contribution in [3.63, 3.8) is 0 Å². The van der Waals surface area contributed by atoms with Crippen molar-refractivity contribution in [1.29, 1.82) is 0 Å². The van der Waals surface area contributed by atoms with Crippen LogP contribution in [0, 0.1) is 12.8 Å². The van der Waals surface area contributed by atoms with Crippen LogP contribution in [0.3, 0.4) is 0 Å². The smallest absolute Gasteiger partial charge is 0.361 e. The Morgan fingerprint density at radius 3 is 2.11 bits per heavy atom. The summed E-state index contributed by atoms with van der Waals surface area (Å²) in [6.45, 7) is 3.23. The van der Waals surface area contributed by atoms with Gasteiger partial charge in [-0.05, 0) is 61.0 Å². The number of carbonyl (C=O) groups excluding carboxylic acids is 3. The third-order valence-electron chi connectivity index (χ3n) is 6.69. The predicted molar refractivity (Wildman–Crippen MR) is 123 cm³/mol. The number of aryl methyl sites for hydroxylation is 1. The summed E-state index contributed by atoms with van der Waals surface area (Å²) >= 11 is 1.35. The van der Waals surface area contributed by atoms with Crippen molar-refractivity contribution in [1.82, 2.24) is 9.80 Å². The first kappa shape index (κ1) is 28.5. The van der Waals surface area contributed by atoms with Crippen LogP contribution in [0.4, 0.5) is 26.3 Å². The summed E-state index contributed by atoms with van der Waals surface area (Å²) in [5.41, 5.74) is 2.74. The number of carbonyl (C=O) groups is 3. The van der Waals surface area contributed by atoms with Crippen LogP contribution in [-0.4, -0.2) is 47.7 Å². The molecule has 1 fully saturated rings. The van der Waals surface area contributed by atoms with Crippen LogP contribution in [-0.2, 0) is 26.7 Å². The maximum Gasteiger partial charge on any atom is 0.416 e. The number of rotatable bonds is 4. The molecule has 3 amide bonds. The van der Waals surface area contributed by atoms with Crippen molar-refractivity contribution in [3.05, 3.63) is 56.8 Å². The van der Waals surface area contributed by atoms with Crippen molar-refractivity contribution >= 4 is 29.1 Å². The Morgan fingerprint density at radius 2 is 1.65 bits per heavy atom. The van der Waals surface area contributed by atoms with Gasteiger partial charge in [0.25, 0.3) is 0 Å². The highest BCUT2D eigenvalue weighted by Crippen LogP contribution is 2.41. The molecule has 0 radical (unpaired) electrons. The van der Waals surface area contributed by atoms with Crippen LogP contribution >= 0.6 is 11.3 Å². The lowest BCUT2D eigenvalue weighted by Gasteiger charge is -2.40. The van der Waals surface area contributed by atoms with Gasteiger partial charge < -0.3 is 15.5 Å². The number of alkyl halides is 6. The molecule has 6 nitrogen and oxygen atoms in total. The minimum absolute atomic E-state index is 0.0174. The summed E-state index contributed by atoms with van der Waals surface area (Å²) in [5.74, 6) is -3.79. The second kappa shape index (κ2) is 10.3. The summed E-state index contributed by atoms with van der Waals surface area (Å²) in [7, 11) is 1.32. The van der Waals surface area contributed by atoms with Crippen LogP contribution in [0.5, 0.6) is 0 Å². The van der Waals surface area contributed by atoms with Gasteiger partial charge in [-0.25, -0.2) is 0 Å². The van der Waals surface area contributed by atoms with Gasteiger partial charge in [0.05, 0.1) is 17.2 Å². The molecule has 1 aliphatic rings. The van der Waals surface area contributed by atoms with Gasteiger partial charge in [-0.2, -0.15) is 26.3 Å². The van der Waals surface area contributed by atoms with E-state index in [-0.39, 0.29) is 31.1 Å². The molecule has 2 N–H and O–H groups in total. The number of nitrogens with two attached hydrogens (primary N) is 1. The van der Waals surface area contributed by atoms with E-state index in [0.717, 1.165) is 15.3 Å². The van der Waals surface area contributed by atoms with E-state index in [0.29, 0.717) is 12.1 Å². The molecular formula is C24H25F6N3O3S. The molecule has 0 bridgehead atoms. The Hall–Kier alpha value is -3.09. The summed E-state index contributed by atoms with van der Waals surface area (Å²) in [6, 6.07) is 1.96. The molecule has 202 valence electrons. The molecule has 2 heterocycles. The minimum Gasteiger partial charge on any atom is -0.361 e. The number of likely N-dealkylation sites (tertiary alicyclic amines) is 1. The molecule has 1 saturated heterocycles. The molecule has 1 aromatic carbocycles. The molecule has 0 aliphatic carbocycles. The van der Waals surface area contributed by atoms with Gasteiger partial charge in [0, 0.05) is 36.9 Å². The molecule has 3 atom stereocenters. The van der Waals surface area contributed by atoms with Crippen LogP contribution < -0.4 is 5.73 Å². The molecular weight excluding hydrogens is 524 g/mol. The molecule has 37 heavy (non-hydrogen) atoms. The second-order valence-electron chi connectivity index (χ2n) is 9.05. The van der Waals surface area contributed by atoms with Gasteiger partial charge in [-0.3, -0.25) is 14.4 Å². The van der Waals surface area contributed by atoms with Crippen molar-refractivity contribution < 1.29 is 40.7 Å². The van der Waals surface area contributed by atoms with Gasteiger partial charge in [0.15, 0.2) is 0 Å². The lowest BCUT2D eigenvalue weighted by atomic mass is 9.82. The molecule has 0 spiro atoms. The summed E-state index contributed by atoms with van der Waals surface area (Å²) in [5, 5.41) is 1.80. The largest absolute Gasteiger partial charge is 0.416 e. The fraction of sp³-hybridized carbons (Fsp3) is 0.458. The topological polar surface area (TPSA) is 83.7 Å². The fourth-order valence-corrected chi connectivity index (χ4v) is 5.60. The monoisotopic (exact) mass is 549 g/mol. The lowest BCUT2D eigenvalue weighted by Crippen LogP contribution is -2.50.